The minimum absolute atomic E-state index is 0.377. The second-order valence-corrected chi connectivity index (χ2v) is 10.3. The first-order valence-electron chi connectivity index (χ1n) is 13.1. The van der Waals surface area contributed by atoms with E-state index >= 15 is 0 Å². The number of hydrogen-bond acceptors (Lipinski definition) is 5. The molecule has 212 valence electrons. The van der Waals surface area contributed by atoms with Gasteiger partial charge in [-0.1, -0.05) is 19.1 Å². The highest BCUT2D eigenvalue weighted by Gasteiger charge is 2.39. The van der Waals surface area contributed by atoms with Crippen molar-refractivity contribution in [2.45, 2.75) is 44.6 Å². The van der Waals surface area contributed by atoms with Crippen LogP contribution in [0.15, 0.2) is 66.4 Å². The number of nitrogens with one attached hydrogen (secondary N) is 2. The van der Waals surface area contributed by atoms with E-state index in [1.807, 2.05) is 0 Å². The van der Waals surface area contributed by atoms with Gasteiger partial charge in [-0.05, 0) is 86.1 Å². The number of hydrogen-bond donors (Lipinski definition) is 2. The molecule has 3 heterocycles. The molecule has 1 aromatic heterocycles. The molecule has 1 unspecified atom stereocenters. The molecule has 2 aromatic carbocycles. The van der Waals surface area contributed by atoms with Crippen LogP contribution in [-0.4, -0.2) is 40.7 Å². The monoisotopic (exact) mass is 561 g/mol. The Morgan fingerprint density at radius 3 is 2.35 bits per heavy atom. The zero-order chi connectivity index (χ0) is 28.5. The Kier molecular flexibility index (Phi) is 7.76. The summed E-state index contributed by atoms with van der Waals surface area (Å²) in [7, 11) is 0. The Morgan fingerprint density at radius 2 is 1.68 bits per heavy atom. The Morgan fingerprint density at radius 1 is 0.950 bits per heavy atom. The number of halogens is 6. The molecule has 0 saturated carbocycles. The molecule has 1 saturated heterocycles. The molecule has 40 heavy (non-hydrogen) atoms. The lowest BCUT2D eigenvalue weighted by Gasteiger charge is -2.29. The van der Waals surface area contributed by atoms with Crippen molar-refractivity contribution in [1.82, 2.24) is 20.2 Å². The average Bonchev–Trinajstić information content (AvgIpc) is 2.92. The Labute approximate surface area is 228 Å². The minimum atomic E-state index is -4.52. The Balaban J connectivity index is 1.48. The van der Waals surface area contributed by atoms with Crippen LogP contribution in [0.4, 0.5) is 37.8 Å². The normalized spacial score (nSPS) is 19.0. The van der Waals surface area contributed by atoms with E-state index in [1.165, 1.54) is 24.4 Å². The molecule has 0 aliphatic carbocycles. The summed E-state index contributed by atoms with van der Waals surface area (Å²) in [5.74, 6) is 1.56. The molecule has 0 radical (unpaired) electrons. The standard InChI is InChI=1S/C29H29F6N5/c1-18-10-14-40(15-11-18)16-12-25-38-24-17-19(26-23(29(33,34)35)3-2-13-36-26)4-9-22(24)27(39-25)37-21-7-5-20(6-8-21)28(30,31)32/h2-9,13,17-18,26,36H,10-12,14-16H2,1H3,(H,37,38,39). The van der Waals surface area contributed by atoms with Crippen molar-refractivity contribution in [3.63, 3.8) is 0 Å². The highest BCUT2D eigenvalue weighted by molar-refractivity contribution is 5.91. The number of likely N-dealkylation sites (tertiary alicyclic amines) is 1. The molecular formula is C29H29F6N5. The van der Waals surface area contributed by atoms with Gasteiger partial charge in [-0.25, -0.2) is 9.97 Å². The fourth-order valence-corrected chi connectivity index (χ4v) is 5.03. The van der Waals surface area contributed by atoms with Crippen LogP contribution < -0.4 is 10.6 Å². The first-order chi connectivity index (χ1) is 19.0. The number of rotatable bonds is 6. The molecular weight excluding hydrogens is 532 g/mol. The van der Waals surface area contributed by atoms with Crippen molar-refractivity contribution in [2.75, 3.05) is 25.0 Å². The summed E-state index contributed by atoms with van der Waals surface area (Å²) in [6, 6.07) is 8.32. The van der Waals surface area contributed by atoms with Crippen LogP contribution in [0.25, 0.3) is 10.9 Å². The quantitative estimate of drug-likeness (QED) is 0.309. The minimum Gasteiger partial charge on any atom is -0.380 e. The van der Waals surface area contributed by atoms with E-state index in [4.69, 9.17) is 4.98 Å². The van der Waals surface area contributed by atoms with E-state index < -0.39 is 29.5 Å². The molecule has 1 fully saturated rings. The van der Waals surface area contributed by atoms with E-state index in [1.54, 1.807) is 18.2 Å². The van der Waals surface area contributed by atoms with Gasteiger partial charge in [0, 0.05) is 24.0 Å². The molecule has 0 bridgehead atoms. The molecule has 2 aliphatic rings. The number of fused-ring (bicyclic) bond motifs is 1. The zero-order valence-corrected chi connectivity index (χ0v) is 21.8. The molecule has 2 aliphatic heterocycles. The Hall–Kier alpha value is -3.60. The van der Waals surface area contributed by atoms with Crippen LogP contribution in [0.1, 0.15) is 42.8 Å². The van der Waals surface area contributed by atoms with Crippen molar-refractivity contribution in [3.8, 4) is 0 Å². The van der Waals surface area contributed by atoms with Gasteiger partial charge in [0.1, 0.15) is 11.6 Å². The van der Waals surface area contributed by atoms with Crippen molar-refractivity contribution in [1.29, 1.82) is 0 Å². The number of dihydropyridines is 1. The third-order valence-electron chi connectivity index (χ3n) is 7.38. The van der Waals surface area contributed by atoms with Crippen LogP contribution in [0, 0.1) is 5.92 Å². The van der Waals surface area contributed by atoms with Gasteiger partial charge in [-0.15, -0.1) is 0 Å². The summed E-state index contributed by atoms with van der Waals surface area (Å²) in [4.78, 5) is 11.7. The highest BCUT2D eigenvalue weighted by atomic mass is 19.4. The SMILES string of the molecule is CC1CCN(CCc2nc(Nc3ccc(C(F)(F)F)cc3)c3ccc(C4NC=CC=C4C(F)(F)F)cc3n2)CC1. The van der Waals surface area contributed by atoms with E-state index in [-0.39, 0.29) is 0 Å². The molecule has 2 N–H and O–H groups in total. The third-order valence-corrected chi connectivity index (χ3v) is 7.38. The first kappa shape index (κ1) is 27.9. The van der Waals surface area contributed by atoms with Crippen LogP contribution in [0.2, 0.25) is 0 Å². The number of benzene rings is 2. The molecule has 11 heteroatoms. The van der Waals surface area contributed by atoms with E-state index in [2.05, 4.69) is 27.4 Å². The van der Waals surface area contributed by atoms with Gasteiger partial charge in [0.05, 0.1) is 22.7 Å². The van der Waals surface area contributed by atoms with E-state index in [0.717, 1.165) is 50.7 Å². The largest absolute Gasteiger partial charge is 0.416 e. The lowest BCUT2D eigenvalue weighted by Crippen LogP contribution is -2.34. The number of aromatic nitrogens is 2. The molecule has 3 aromatic rings. The maximum absolute atomic E-state index is 13.7. The van der Waals surface area contributed by atoms with Crippen LogP contribution >= 0.6 is 0 Å². The van der Waals surface area contributed by atoms with Crippen molar-refractivity contribution < 1.29 is 26.3 Å². The van der Waals surface area contributed by atoms with Crippen LogP contribution in [-0.2, 0) is 12.6 Å². The van der Waals surface area contributed by atoms with Gasteiger partial charge in [-0.3, -0.25) is 0 Å². The van der Waals surface area contributed by atoms with Crippen LogP contribution in [0.3, 0.4) is 0 Å². The second-order valence-electron chi connectivity index (χ2n) is 10.3. The number of allylic oxidation sites excluding steroid dienone is 2. The molecule has 5 rings (SSSR count). The number of nitrogens with zero attached hydrogens (tertiary/aromatic N) is 3. The topological polar surface area (TPSA) is 53.1 Å². The number of alkyl halides is 6. The van der Waals surface area contributed by atoms with Gasteiger partial charge in [0.25, 0.3) is 0 Å². The summed E-state index contributed by atoms with van der Waals surface area (Å²) in [5.41, 5.74) is -0.257. The third kappa shape index (κ3) is 6.41. The fraction of sp³-hybridized carbons (Fsp3) is 0.379. The van der Waals surface area contributed by atoms with Gasteiger partial charge in [0.15, 0.2) is 0 Å². The van der Waals surface area contributed by atoms with Gasteiger partial charge < -0.3 is 15.5 Å². The van der Waals surface area contributed by atoms with Crippen LogP contribution in [0.5, 0.6) is 0 Å². The predicted molar refractivity (Wildman–Crippen MR) is 142 cm³/mol. The smallest absolute Gasteiger partial charge is 0.380 e. The van der Waals surface area contributed by atoms with E-state index in [9.17, 15) is 26.3 Å². The second kappa shape index (κ2) is 11.1. The average molecular weight is 562 g/mol. The fourth-order valence-electron chi connectivity index (χ4n) is 5.03. The summed E-state index contributed by atoms with van der Waals surface area (Å²) in [6.45, 7) is 4.91. The molecule has 5 nitrogen and oxygen atoms in total. The number of anilines is 2. The highest BCUT2D eigenvalue weighted by Crippen LogP contribution is 2.38. The molecule has 1 atom stereocenters. The van der Waals surface area contributed by atoms with E-state index in [0.29, 0.717) is 46.1 Å². The first-order valence-corrected chi connectivity index (χ1v) is 13.1. The van der Waals surface area contributed by atoms with Crippen molar-refractivity contribution in [3.05, 3.63) is 83.3 Å². The summed E-state index contributed by atoms with van der Waals surface area (Å²) < 4.78 is 80.2. The predicted octanol–water partition coefficient (Wildman–Crippen LogP) is 7.31. The summed E-state index contributed by atoms with van der Waals surface area (Å²) in [5, 5.41) is 6.42. The number of piperidine rings is 1. The van der Waals surface area contributed by atoms with Crippen molar-refractivity contribution in [2.24, 2.45) is 5.92 Å². The lowest BCUT2D eigenvalue weighted by molar-refractivity contribution is -0.137. The maximum atomic E-state index is 13.7. The van der Waals surface area contributed by atoms with Crippen molar-refractivity contribution >= 4 is 22.4 Å². The summed E-state index contributed by atoms with van der Waals surface area (Å²) >= 11 is 0. The van der Waals surface area contributed by atoms with Gasteiger partial charge >= 0.3 is 12.4 Å². The van der Waals surface area contributed by atoms with Gasteiger partial charge in [0.2, 0.25) is 0 Å². The maximum Gasteiger partial charge on any atom is 0.416 e. The summed E-state index contributed by atoms with van der Waals surface area (Å²) in [6.07, 6.45) is -2.40. The lowest BCUT2D eigenvalue weighted by atomic mass is 9.95. The zero-order valence-electron chi connectivity index (χ0n) is 21.8. The molecule has 0 spiro atoms. The molecule has 0 amide bonds. The van der Waals surface area contributed by atoms with Gasteiger partial charge in [-0.2, -0.15) is 26.3 Å². The Bertz CT molecular complexity index is 1400.